The van der Waals surface area contributed by atoms with Gasteiger partial charge in [0.15, 0.2) is 0 Å². The van der Waals surface area contributed by atoms with Crippen molar-refractivity contribution in [2.75, 3.05) is 6.54 Å². The molecule has 0 aliphatic heterocycles. The molecule has 7 nitrogen and oxygen atoms in total. The van der Waals surface area contributed by atoms with E-state index in [9.17, 15) is 9.59 Å². The maximum atomic E-state index is 11.0. The minimum Gasteiger partial charge on any atom is -0.480 e. The summed E-state index contributed by atoms with van der Waals surface area (Å²) in [7, 11) is 0. The normalized spacial score (nSPS) is 12.0. The third-order valence-corrected chi connectivity index (χ3v) is 2.54. The number of carboxylic acid groups (broad SMARTS) is 1. The molecule has 0 saturated carbocycles. The quantitative estimate of drug-likeness (QED) is 0.647. The van der Waals surface area contributed by atoms with E-state index >= 15 is 0 Å². The number of hydrogen-bond donors (Lipinski definition) is 3. The van der Waals surface area contributed by atoms with Crippen molar-refractivity contribution in [1.82, 2.24) is 15.6 Å². The molecule has 1 rings (SSSR count). The molecule has 0 saturated heterocycles. The van der Waals surface area contributed by atoms with Crippen LogP contribution in [0, 0.1) is 0 Å². The number of pyridine rings is 1. The van der Waals surface area contributed by atoms with Gasteiger partial charge in [-0.25, -0.2) is 9.78 Å². The maximum Gasteiger partial charge on any atom is 0.327 e. The van der Waals surface area contributed by atoms with Crippen LogP contribution in [0.25, 0.3) is 0 Å². The first kappa shape index (κ1) is 16.9. The summed E-state index contributed by atoms with van der Waals surface area (Å²) in [5.41, 5.74) is 0.832. The number of aliphatic carboxylic acids is 1. The number of aromatic nitrogens is 1. The Balaban J connectivity index is 2.58. The van der Waals surface area contributed by atoms with Crippen molar-refractivity contribution < 1.29 is 19.4 Å². The van der Waals surface area contributed by atoms with Crippen molar-refractivity contribution in [3.63, 3.8) is 0 Å². The van der Waals surface area contributed by atoms with E-state index in [1.807, 2.05) is 19.9 Å². The lowest BCUT2D eigenvalue weighted by molar-refractivity contribution is -0.141. The lowest BCUT2D eigenvalue weighted by atomic mass is 10.2. The predicted molar refractivity (Wildman–Crippen MR) is 76.9 cm³/mol. The van der Waals surface area contributed by atoms with Crippen LogP contribution in [0.5, 0.6) is 5.88 Å². The second kappa shape index (κ2) is 8.21. The minimum absolute atomic E-state index is 0.00444. The Morgan fingerprint density at radius 2 is 2.14 bits per heavy atom. The molecule has 0 aliphatic carbocycles. The van der Waals surface area contributed by atoms with Crippen LogP contribution in [-0.2, 0) is 16.1 Å². The Bertz CT molecular complexity index is 491. The number of amides is 1. The molecule has 0 bridgehead atoms. The second-order valence-corrected chi connectivity index (χ2v) is 4.86. The summed E-state index contributed by atoms with van der Waals surface area (Å²) >= 11 is 0. The predicted octanol–water partition coefficient (Wildman–Crippen LogP) is 0.548. The minimum atomic E-state index is -1.08. The second-order valence-electron chi connectivity index (χ2n) is 4.86. The molecule has 0 radical (unpaired) electrons. The van der Waals surface area contributed by atoms with Crippen LogP contribution < -0.4 is 15.4 Å². The van der Waals surface area contributed by atoms with Crippen molar-refractivity contribution in [2.45, 2.75) is 39.5 Å². The first-order valence-electron chi connectivity index (χ1n) is 6.71. The van der Waals surface area contributed by atoms with Gasteiger partial charge in [-0.3, -0.25) is 4.79 Å². The number of nitrogens with zero attached hydrogens (tertiary/aromatic N) is 1. The van der Waals surface area contributed by atoms with E-state index in [4.69, 9.17) is 9.84 Å². The molecular weight excluding hydrogens is 274 g/mol. The van der Waals surface area contributed by atoms with Gasteiger partial charge >= 0.3 is 5.97 Å². The highest BCUT2D eigenvalue weighted by molar-refractivity contribution is 5.82. The van der Waals surface area contributed by atoms with Gasteiger partial charge in [-0.1, -0.05) is 6.07 Å². The van der Waals surface area contributed by atoms with Crippen LogP contribution in [0.2, 0.25) is 0 Å². The van der Waals surface area contributed by atoms with Crippen molar-refractivity contribution >= 4 is 11.9 Å². The molecule has 1 unspecified atom stereocenters. The number of hydrogen-bond acceptors (Lipinski definition) is 5. The molecule has 21 heavy (non-hydrogen) atoms. The van der Waals surface area contributed by atoms with E-state index in [1.54, 1.807) is 12.3 Å². The van der Waals surface area contributed by atoms with Gasteiger partial charge < -0.3 is 20.5 Å². The topological polar surface area (TPSA) is 101 Å². The SMILES string of the molecule is CC(=O)NC(CNCc1cccnc1OC(C)C)C(=O)O. The molecule has 0 aliphatic rings. The van der Waals surface area contributed by atoms with Crippen LogP contribution >= 0.6 is 0 Å². The van der Waals surface area contributed by atoms with Crippen molar-refractivity contribution in [1.29, 1.82) is 0 Å². The lowest BCUT2D eigenvalue weighted by Crippen LogP contribution is -2.46. The Hall–Kier alpha value is -2.15. The van der Waals surface area contributed by atoms with Crippen molar-refractivity contribution in [3.8, 4) is 5.88 Å². The molecule has 0 aromatic carbocycles. The largest absolute Gasteiger partial charge is 0.480 e. The monoisotopic (exact) mass is 295 g/mol. The Morgan fingerprint density at radius 1 is 1.43 bits per heavy atom. The molecule has 1 atom stereocenters. The molecule has 0 fully saturated rings. The summed E-state index contributed by atoms with van der Waals surface area (Å²) < 4.78 is 5.58. The first-order valence-corrected chi connectivity index (χ1v) is 6.71. The number of ether oxygens (including phenoxy) is 1. The highest BCUT2D eigenvalue weighted by atomic mass is 16.5. The van der Waals surface area contributed by atoms with Crippen LogP contribution in [0.1, 0.15) is 26.3 Å². The molecule has 1 heterocycles. The van der Waals surface area contributed by atoms with E-state index in [0.717, 1.165) is 5.56 Å². The number of carbonyl (C=O) groups is 2. The van der Waals surface area contributed by atoms with Gasteiger partial charge in [0.05, 0.1) is 6.10 Å². The number of carbonyl (C=O) groups excluding carboxylic acids is 1. The van der Waals surface area contributed by atoms with E-state index in [2.05, 4.69) is 15.6 Å². The van der Waals surface area contributed by atoms with E-state index < -0.39 is 12.0 Å². The summed E-state index contributed by atoms with van der Waals surface area (Å²) in [6.07, 6.45) is 1.64. The molecule has 0 spiro atoms. The summed E-state index contributed by atoms with van der Waals surface area (Å²) in [6, 6.07) is 2.67. The number of carboxylic acids is 1. The van der Waals surface area contributed by atoms with Gasteiger partial charge in [0.25, 0.3) is 0 Å². The smallest absolute Gasteiger partial charge is 0.327 e. The maximum absolute atomic E-state index is 11.0. The van der Waals surface area contributed by atoms with Gasteiger partial charge in [-0.2, -0.15) is 0 Å². The molecule has 3 N–H and O–H groups in total. The van der Waals surface area contributed by atoms with Crippen molar-refractivity contribution in [2.24, 2.45) is 0 Å². The molecule has 1 amide bonds. The highest BCUT2D eigenvalue weighted by Gasteiger charge is 2.18. The fraction of sp³-hybridized carbons (Fsp3) is 0.500. The van der Waals surface area contributed by atoms with E-state index in [0.29, 0.717) is 12.4 Å². The Kier molecular flexibility index (Phi) is 6.61. The van der Waals surface area contributed by atoms with Crippen LogP contribution in [0.4, 0.5) is 0 Å². The molecular formula is C14H21N3O4. The average Bonchev–Trinajstić information content (AvgIpc) is 2.38. The average molecular weight is 295 g/mol. The number of rotatable bonds is 8. The summed E-state index contributed by atoms with van der Waals surface area (Å²) in [6.45, 7) is 5.61. The number of nitrogens with one attached hydrogen (secondary N) is 2. The Labute approximate surface area is 123 Å². The van der Waals surface area contributed by atoms with Gasteiger partial charge in [0.2, 0.25) is 11.8 Å². The first-order chi connectivity index (χ1) is 9.90. The molecule has 1 aromatic rings. The summed E-state index contributed by atoms with van der Waals surface area (Å²) in [4.78, 5) is 26.1. The molecule has 1 aromatic heterocycles. The van der Waals surface area contributed by atoms with E-state index in [-0.39, 0.29) is 18.6 Å². The van der Waals surface area contributed by atoms with E-state index in [1.165, 1.54) is 6.92 Å². The van der Waals surface area contributed by atoms with Gasteiger partial charge in [0.1, 0.15) is 6.04 Å². The van der Waals surface area contributed by atoms with Crippen LogP contribution in [0.15, 0.2) is 18.3 Å². The van der Waals surface area contributed by atoms with Gasteiger partial charge in [-0.05, 0) is 19.9 Å². The summed E-state index contributed by atoms with van der Waals surface area (Å²) in [5.74, 6) is -0.941. The fourth-order valence-corrected chi connectivity index (χ4v) is 1.68. The summed E-state index contributed by atoms with van der Waals surface area (Å²) in [5, 5.41) is 14.4. The fourth-order valence-electron chi connectivity index (χ4n) is 1.68. The lowest BCUT2D eigenvalue weighted by Gasteiger charge is -2.16. The zero-order valence-electron chi connectivity index (χ0n) is 12.4. The van der Waals surface area contributed by atoms with Crippen LogP contribution in [-0.4, -0.2) is 40.7 Å². The zero-order chi connectivity index (χ0) is 15.8. The standard InChI is InChI=1S/C14H21N3O4/c1-9(2)21-13-11(5-4-6-16-13)7-15-8-12(14(19)20)17-10(3)18/h4-6,9,12,15H,7-8H2,1-3H3,(H,17,18)(H,19,20). The third-order valence-electron chi connectivity index (χ3n) is 2.54. The third kappa shape index (κ3) is 6.22. The van der Waals surface area contributed by atoms with Gasteiger partial charge in [-0.15, -0.1) is 0 Å². The Morgan fingerprint density at radius 3 is 2.71 bits per heavy atom. The molecule has 116 valence electrons. The van der Waals surface area contributed by atoms with Crippen LogP contribution in [0.3, 0.4) is 0 Å². The van der Waals surface area contributed by atoms with Gasteiger partial charge in [0, 0.05) is 31.8 Å². The highest BCUT2D eigenvalue weighted by Crippen LogP contribution is 2.15. The zero-order valence-corrected chi connectivity index (χ0v) is 12.4. The molecule has 7 heteroatoms. The van der Waals surface area contributed by atoms with Crippen molar-refractivity contribution in [3.05, 3.63) is 23.9 Å².